The highest BCUT2D eigenvalue weighted by Gasteiger charge is 2.49. The Hall–Kier alpha value is -1.46. The highest BCUT2D eigenvalue weighted by molar-refractivity contribution is 5.60. The van der Waals surface area contributed by atoms with Crippen molar-refractivity contribution in [2.75, 3.05) is 19.6 Å². The molecule has 18 heavy (non-hydrogen) atoms. The Bertz CT molecular complexity index is 481. The maximum Gasteiger partial charge on any atom is 0.177 e. The van der Waals surface area contributed by atoms with Gasteiger partial charge in [0.15, 0.2) is 5.82 Å². The lowest BCUT2D eigenvalue weighted by atomic mass is 9.75. The minimum atomic E-state index is -0.162. The molecule has 4 aliphatic heterocycles. The van der Waals surface area contributed by atoms with Crippen molar-refractivity contribution < 1.29 is 4.84 Å². The van der Waals surface area contributed by atoms with Crippen molar-refractivity contribution in [2.24, 2.45) is 5.92 Å². The minimum absolute atomic E-state index is 0.162. The second-order valence-electron chi connectivity index (χ2n) is 5.34. The first-order valence-electron chi connectivity index (χ1n) is 6.52. The van der Waals surface area contributed by atoms with E-state index >= 15 is 0 Å². The standard InChI is InChI=1S/C13H16N4O/c1-4-14-12(15-5-1)11-8-13(18-16-11)9-17-6-2-10(13)3-7-17/h1,4-5,8,10,16H,2-3,6-7,9H2. The molecule has 0 radical (unpaired) electrons. The summed E-state index contributed by atoms with van der Waals surface area (Å²) in [6.07, 6.45) is 8.15. The molecule has 1 unspecified atom stereocenters. The molecule has 0 saturated carbocycles. The summed E-state index contributed by atoms with van der Waals surface area (Å²) in [4.78, 5) is 16.9. The predicted molar refractivity (Wildman–Crippen MR) is 66.1 cm³/mol. The lowest BCUT2D eigenvalue weighted by molar-refractivity contribution is -0.135. The van der Waals surface area contributed by atoms with Crippen LogP contribution in [-0.4, -0.2) is 40.1 Å². The third-order valence-electron chi connectivity index (χ3n) is 4.30. The summed E-state index contributed by atoms with van der Waals surface area (Å²) < 4.78 is 0. The Morgan fingerprint density at radius 3 is 2.72 bits per heavy atom. The SMILES string of the molecule is C1=C(c2ncccn2)NOC12CN1CCC2CC1. The van der Waals surface area contributed by atoms with Crippen LogP contribution < -0.4 is 5.48 Å². The van der Waals surface area contributed by atoms with Gasteiger partial charge in [0, 0.05) is 18.9 Å². The van der Waals surface area contributed by atoms with E-state index in [0.717, 1.165) is 12.2 Å². The third-order valence-corrected chi connectivity index (χ3v) is 4.30. The number of nitrogens with zero attached hydrogens (tertiary/aromatic N) is 3. The average molecular weight is 244 g/mol. The van der Waals surface area contributed by atoms with E-state index in [4.69, 9.17) is 4.84 Å². The van der Waals surface area contributed by atoms with E-state index in [9.17, 15) is 0 Å². The van der Waals surface area contributed by atoms with E-state index in [1.54, 1.807) is 12.4 Å². The van der Waals surface area contributed by atoms with Crippen LogP contribution in [0.3, 0.4) is 0 Å². The molecule has 5 heteroatoms. The molecule has 1 spiro atoms. The molecule has 2 bridgehead atoms. The zero-order chi connectivity index (χ0) is 12.0. The van der Waals surface area contributed by atoms with Crippen molar-refractivity contribution in [3.63, 3.8) is 0 Å². The van der Waals surface area contributed by atoms with Crippen molar-refractivity contribution in [1.29, 1.82) is 0 Å². The van der Waals surface area contributed by atoms with Crippen LogP contribution in [0, 0.1) is 5.92 Å². The van der Waals surface area contributed by atoms with Gasteiger partial charge in [0.25, 0.3) is 0 Å². The van der Waals surface area contributed by atoms with Gasteiger partial charge in [-0.25, -0.2) is 9.97 Å². The van der Waals surface area contributed by atoms with Gasteiger partial charge in [-0.15, -0.1) is 0 Å². The molecule has 0 aromatic carbocycles. The number of fused-ring (bicyclic) bond motifs is 2. The van der Waals surface area contributed by atoms with Gasteiger partial charge in [-0.3, -0.25) is 15.2 Å². The summed E-state index contributed by atoms with van der Waals surface area (Å²) in [5.74, 6) is 1.34. The summed E-state index contributed by atoms with van der Waals surface area (Å²) in [5, 5.41) is 0. The monoisotopic (exact) mass is 244 g/mol. The normalized spacial score (nSPS) is 37.7. The lowest BCUT2D eigenvalue weighted by Crippen LogP contribution is -2.58. The lowest BCUT2D eigenvalue weighted by Gasteiger charge is -2.49. The number of aromatic nitrogens is 2. The molecular weight excluding hydrogens is 228 g/mol. The number of nitrogens with one attached hydrogen (secondary N) is 1. The van der Waals surface area contributed by atoms with Gasteiger partial charge < -0.3 is 0 Å². The van der Waals surface area contributed by atoms with Crippen LogP contribution in [0.5, 0.6) is 0 Å². The summed E-state index contributed by atoms with van der Waals surface area (Å²) in [6.45, 7) is 3.41. The number of hydrogen-bond donors (Lipinski definition) is 1. The highest BCUT2D eigenvalue weighted by Crippen LogP contribution is 2.42. The first kappa shape index (κ1) is 10.5. The molecule has 5 nitrogen and oxygen atoms in total. The highest BCUT2D eigenvalue weighted by atomic mass is 16.7. The van der Waals surface area contributed by atoms with E-state index in [1.165, 1.54) is 25.9 Å². The number of piperidine rings is 3. The zero-order valence-electron chi connectivity index (χ0n) is 10.2. The van der Waals surface area contributed by atoms with Crippen LogP contribution >= 0.6 is 0 Å². The summed E-state index contributed by atoms with van der Waals surface area (Å²) in [6, 6.07) is 1.82. The topological polar surface area (TPSA) is 50.3 Å². The molecule has 1 N–H and O–H groups in total. The van der Waals surface area contributed by atoms with E-state index < -0.39 is 0 Å². The Labute approximate surface area is 106 Å². The van der Waals surface area contributed by atoms with Crippen LogP contribution in [0.15, 0.2) is 24.5 Å². The fourth-order valence-electron chi connectivity index (χ4n) is 3.34. The molecule has 5 heterocycles. The molecule has 1 aromatic heterocycles. The number of rotatable bonds is 1. The largest absolute Gasteiger partial charge is 0.300 e. The van der Waals surface area contributed by atoms with Crippen molar-refractivity contribution in [2.45, 2.75) is 18.4 Å². The van der Waals surface area contributed by atoms with Crippen LogP contribution in [0.1, 0.15) is 18.7 Å². The Kier molecular flexibility index (Phi) is 2.19. The smallest absolute Gasteiger partial charge is 0.177 e. The van der Waals surface area contributed by atoms with Gasteiger partial charge in [-0.2, -0.15) is 0 Å². The van der Waals surface area contributed by atoms with Crippen LogP contribution in [-0.2, 0) is 4.84 Å². The number of hydroxylamine groups is 1. The molecule has 3 saturated heterocycles. The molecule has 3 fully saturated rings. The van der Waals surface area contributed by atoms with Crippen molar-refractivity contribution >= 4 is 5.70 Å². The number of hydrogen-bond acceptors (Lipinski definition) is 5. The van der Waals surface area contributed by atoms with Gasteiger partial charge in [-0.05, 0) is 44.0 Å². The van der Waals surface area contributed by atoms with Gasteiger partial charge in [0.05, 0.1) is 0 Å². The van der Waals surface area contributed by atoms with E-state index in [0.29, 0.717) is 11.7 Å². The Morgan fingerprint density at radius 2 is 2.06 bits per heavy atom. The van der Waals surface area contributed by atoms with Crippen molar-refractivity contribution in [3.05, 3.63) is 30.4 Å². The molecule has 4 aliphatic rings. The van der Waals surface area contributed by atoms with E-state index in [-0.39, 0.29) is 5.60 Å². The summed E-state index contributed by atoms with van der Waals surface area (Å²) >= 11 is 0. The fraction of sp³-hybridized carbons (Fsp3) is 0.538. The molecular formula is C13H16N4O. The third kappa shape index (κ3) is 1.47. The fourth-order valence-corrected chi connectivity index (χ4v) is 3.34. The van der Waals surface area contributed by atoms with Gasteiger partial charge >= 0.3 is 0 Å². The molecule has 0 aliphatic carbocycles. The molecule has 94 valence electrons. The van der Waals surface area contributed by atoms with Gasteiger partial charge in [0.1, 0.15) is 11.3 Å². The van der Waals surface area contributed by atoms with Crippen molar-refractivity contribution in [3.8, 4) is 0 Å². The summed E-state index contributed by atoms with van der Waals surface area (Å²) in [7, 11) is 0. The minimum Gasteiger partial charge on any atom is -0.300 e. The molecule has 0 amide bonds. The zero-order valence-corrected chi connectivity index (χ0v) is 10.2. The molecule has 5 rings (SSSR count). The van der Waals surface area contributed by atoms with Crippen molar-refractivity contribution in [1.82, 2.24) is 20.3 Å². The quantitative estimate of drug-likeness (QED) is 0.792. The molecule has 1 atom stereocenters. The maximum atomic E-state index is 5.92. The Morgan fingerprint density at radius 1 is 1.28 bits per heavy atom. The predicted octanol–water partition coefficient (Wildman–Crippen LogP) is 0.817. The van der Waals surface area contributed by atoms with Gasteiger partial charge in [-0.1, -0.05) is 0 Å². The average Bonchev–Trinajstić information content (AvgIpc) is 2.85. The summed E-state index contributed by atoms with van der Waals surface area (Å²) in [5.41, 5.74) is 3.77. The Balaban J connectivity index is 1.67. The first-order valence-corrected chi connectivity index (χ1v) is 6.52. The van der Waals surface area contributed by atoms with E-state index in [1.807, 2.05) is 6.07 Å². The van der Waals surface area contributed by atoms with Crippen LogP contribution in [0.2, 0.25) is 0 Å². The van der Waals surface area contributed by atoms with Crippen LogP contribution in [0.4, 0.5) is 0 Å². The molecule has 1 aromatic rings. The first-order chi connectivity index (χ1) is 8.86. The maximum absolute atomic E-state index is 5.92. The second-order valence-corrected chi connectivity index (χ2v) is 5.34. The second kappa shape index (κ2) is 3.76. The van der Waals surface area contributed by atoms with E-state index in [2.05, 4.69) is 26.4 Å². The van der Waals surface area contributed by atoms with Gasteiger partial charge in [0.2, 0.25) is 0 Å². The van der Waals surface area contributed by atoms with Crippen LogP contribution in [0.25, 0.3) is 5.70 Å².